The molecular weight excluding hydrogens is 194 g/mol. The number of carbonyl (C=O) groups is 1. The third-order valence-corrected chi connectivity index (χ3v) is 2.00. The van der Waals surface area contributed by atoms with E-state index in [4.69, 9.17) is 9.47 Å². The third-order valence-electron chi connectivity index (χ3n) is 2.00. The predicted octanol–water partition coefficient (Wildman–Crippen LogP) is 2.16. The van der Waals surface area contributed by atoms with Crippen molar-refractivity contribution in [2.24, 2.45) is 0 Å². The summed E-state index contributed by atoms with van der Waals surface area (Å²) in [5.74, 6) is 0. The summed E-state index contributed by atoms with van der Waals surface area (Å²) in [6.07, 6.45) is 1.59. The van der Waals surface area contributed by atoms with Crippen LogP contribution in [0.2, 0.25) is 0 Å². The molecule has 0 unspecified atom stereocenters. The van der Waals surface area contributed by atoms with E-state index in [9.17, 15) is 4.79 Å². The highest BCUT2D eigenvalue weighted by Crippen LogP contribution is 2.16. The van der Waals surface area contributed by atoms with Crippen molar-refractivity contribution in [1.82, 2.24) is 4.90 Å². The second kappa shape index (κ2) is 4.66. The van der Waals surface area contributed by atoms with Crippen molar-refractivity contribution >= 4 is 6.09 Å². The van der Waals surface area contributed by atoms with Crippen LogP contribution in [0.1, 0.15) is 27.7 Å². The van der Waals surface area contributed by atoms with Crippen LogP contribution in [0.25, 0.3) is 0 Å². The molecule has 0 saturated carbocycles. The summed E-state index contributed by atoms with van der Waals surface area (Å²) in [5.41, 5.74) is 0.421. The highest BCUT2D eigenvalue weighted by molar-refractivity contribution is 5.70. The molecule has 1 fully saturated rings. The second-order valence-corrected chi connectivity index (χ2v) is 4.46. The van der Waals surface area contributed by atoms with Gasteiger partial charge in [0.1, 0.15) is 5.60 Å². The van der Waals surface area contributed by atoms with Gasteiger partial charge in [-0.3, -0.25) is 4.90 Å². The van der Waals surface area contributed by atoms with Gasteiger partial charge in [0.15, 0.2) is 0 Å². The molecular formula is C11H19NO3. The highest BCUT2D eigenvalue weighted by atomic mass is 16.6. The fourth-order valence-corrected chi connectivity index (χ4v) is 1.32. The van der Waals surface area contributed by atoms with Gasteiger partial charge in [-0.2, -0.15) is 0 Å². The maximum Gasteiger partial charge on any atom is 0.414 e. The molecule has 4 heteroatoms. The molecule has 4 nitrogen and oxygen atoms in total. The zero-order valence-electron chi connectivity index (χ0n) is 9.87. The molecule has 1 saturated heterocycles. The number of hydrogen-bond donors (Lipinski definition) is 0. The largest absolute Gasteiger partial charge is 0.443 e. The number of morpholine rings is 1. The zero-order valence-corrected chi connectivity index (χ0v) is 9.87. The molecule has 0 bridgehead atoms. The first kappa shape index (κ1) is 12.0. The van der Waals surface area contributed by atoms with E-state index in [-0.39, 0.29) is 6.09 Å². The van der Waals surface area contributed by atoms with E-state index >= 15 is 0 Å². The molecule has 86 valence electrons. The zero-order chi connectivity index (χ0) is 11.5. The number of ether oxygens (including phenoxy) is 2. The van der Waals surface area contributed by atoms with Gasteiger partial charge < -0.3 is 9.47 Å². The van der Waals surface area contributed by atoms with Gasteiger partial charge in [0.2, 0.25) is 0 Å². The summed E-state index contributed by atoms with van der Waals surface area (Å²) in [5, 5.41) is 0. The smallest absolute Gasteiger partial charge is 0.414 e. The molecule has 0 aliphatic carbocycles. The van der Waals surface area contributed by atoms with Crippen molar-refractivity contribution in [3.63, 3.8) is 0 Å². The Morgan fingerprint density at radius 1 is 1.53 bits per heavy atom. The van der Waals surface area contributed by atoms with Crippen molar-refractivity contribution in [3.05, 3.63) is 11.8 Å². The number of nitrogens with zero attached hydrogens (tertiary/aromatic N) is 1. The lowest BCUT2D eigenvalue weighted by molar-refractivity contribution is 0.00961. The van der Waals surface area contributed by atoms with E-state index in [0.717, 1.165) is 5.70 Å². The first-order valence-corrected chi connectivity index (χ1v) is 5.17. The van der Waals surface area contributed by atoms with Gasteiger partial charge >= 0.3 is 6.09 Å². The summed E-state index contributed by atoms with van der Waals surface area (Å²) < 4.78 is 10.6. The lowest BCUT2D eigenvalue weighted by Gasteiger charge is -2.31. The van der Waals surface area contributed by atoms with Crippen molar-refractivity contribution in [2.45, 2.75) is 33.3 Å². The Morgan fingerprint density at radius 2 is 2.20 bits per heavy atom. The maximum absolute atomic E-state index is 11.8. The standard InChI is InChI=1S/C11H19NO3/c1-5-9-8-14-7-6-12(9)10(13)15-11(2,3)4/h5H,6-8H2,1-4H3. The molecule has 15 heavy (non-hydrogen) atoms. The van der Waals surface area contributed by atoms with E-state index in [1.54, 1.807) is 4.90 Å². The van der Waals surface area contributed by atoms with Crippen LogP contribution in [0.5, 0.6) is 0 Å². The second-order valence-electron chi connectivity index (χ2n) is 4.46. The van der Waals surface area contributed by atoms with E-state index < -0.39 is 5.60 Å². The van der Waals surface area contributed by atoms with E-state index in [2.05, 4.69) is 0 Å². The van der Waals surface area contributed by atoms with Crippen LogP contribution in [-0.2, 0) is 9.47 Å². The fourth-order valence-electron chi connectivity index (χ4n) is 1.32. The molecule has 1 heterocycles. The lowest BCUT2D eigenvalue weighted by atomic mass is 10.2. The average molecular weight is 213 g/mol. The van der Waals surface area contributed by atoms with Crippen LogP contribution in [0, 0.1) is 0 Å². The van der Waals surface area contributed by atoms with Crippen molar-refractivity contribution in [2.75, 3.05) is 19.8 Å². The van der Waals surface area contributed by atoms with Gasteiger partial charge in [-0.15, -0.1) is 0 Å². The van der Waals surface area contributed by atoms with E-state index in [1.807, 2.05) is 33.8 Å². The topological polar surface area (TPSA) is 38.8 Å². The summed E-state index contributed by atoms with van der Waals surface area (Å²) in [6.45, 7) is 9.09. The Hall–Kier alpha value is -1.03. The van der Waals surface area contributed by atoms with Crippen molar-refractivity contribution < 1.29 is 14.3 Å². The summed E-state index contributed by atoms with van der Waals surface area (Å²) in [4.78, 5) is 13.4. The number of allylic oxidation sites excluding steroid dienone is 1. The molecule has 1 rings (SSSR count). The minimum Gasteiger partial charge on any atom is -0.443 e. The molecule has 1 amide bonds. The summed E-state index contributed by atoms with van der Waals surface area (Å²) >= 11 is 0. The normalized spacial score (nSPS) is 20.5. The number of amides is 1. The van der Waals surface area contributed by atoms with Crippen LogP contribution in [0.4, 0.5) is 4.79 Å². The summed E-state index contributed by atoms with van der Waals surface area (Å²) in [7, 11) is 0. The van der Waals surface area contributed by atoms with Crippen LogP contribution in [-0.4, -0.2) is 36.4 Å². The lowest BCUT2D eigenvalue weighted by Crippen LogP contribution is -2.42. The average Bonchev–Trinajstić information content (AvgIpc) is 2.15. The molecule has 1 aliphatic rings. The first-order valence-electron chi connectivity index (χ1n) is 5.17. The van der Waals surface area contributed by atoms with E-state index in [1.165, 1.54) is 0 Å². The summed E-state index contributed by atoms with van der Waals surface area (Å²) in [6, 6.07) is 0. The van der Waals surface area contributed by atoms with Gasteiger partial charge in [0.25, 0.3) is 0 Å². The molecule has 1 aliphatic heterocycles. The first-order chi connectivity index (χ1) is 6.94. The third kappa shape index (κ3) is 3.55. The highest BCUT2D eigenvalue weighted by Gasteiger charge is 2.26. The maximum atomic E-state index is 11.8. The number of rotatable bonds is 0. The molecule has 0 radical (unpaired) electrons. The molecule has 0 spiro atoms. The molecule has 0 N–H and O–H groups in total. The Kier molecular flexibility index (Phi) is 3.74. The predicted molar refractivity (Wildman–Crippen MR) is 57.5 cm³/mol. The minimum atomic E-state index is -0.450. The van der Waals surface area contributed by atoms with E-state index in [0.29, 0.717) is 19.8 Å². The quantitative estimate of drug-likeness (QED) is 0.619. The molecule has 0 aromatic rings. The molecule has 0 atom stereocenters. The Bertz CT molecular complexity index is 265. The minimum absolute atomic E-state index is 0.293. The number of hydrogen-bond acceptors (Lipinski definition) is 3. The fraction of sp³-hybridized carbons (Fsp3) is 0.727. The Labute approximate surface area is 90.8 Å². The van der Waals surface area contributed by atoms with Gasteiger partial charge in [-0.25, -0.2) is 4.79 Å². The monoisotopic (exact) mass is 213 g/mol. The van der Waals surface area contributed by atoms with Crippen LogP contribution >= 0.6 is 0 Å². The van der Waals surface area contributed by atoms with Gasteiger partial charge in [0.05, 0.1) is 19.8 Å². The van der Waals surface area contributed by atoms with Crippen molar-refractivity contribution in [1.29, 1.82) is 0 Å². The Morgan fingerprint density at radius 3 is 2.73 bits per heavy atom. The van der Waals surface area contributed by atoms with Crippen molar-refractivity contribution in [3.8, 4) is 0 Å². The van der Waals surface area contributed by atoms with Crippen LogP contribution < -0.4 is 0 Å². The Balaban J connectivity index is 2.65. The van der Waals surface area contributed by atoms with Gasteiger partial charge in [0, 0.05) is 5.70 Å². The molecule has 0 aromatic heterocycles. The van der Waals surface area contributed by atoms with Gasteiger partial charge in [-0.05, 0) is 27.7 Å². The SMILES string of the molecule is CC=C1COCCN1C(=O)OC(C)(C)C. The number of carbonyl (C=O) groups excluding carboxylic acids is 1. The molecule has 0 aromatic carbocycles. The van der Waals surface area contributed by atoms with Gasteiger partial charge in [-0.1, -0.05) is 6.08 Å². The van der Waals surface area contributed by atoms with Crippen LogP contribution in [0.15, 0.2) is 11.8 Å². The van der Waals surface area contributed by atoms with Crippen LogP contribution in [0.3, 0.4) is 0 Å².